The molecule has 0 atom stereocenters. The Hall–Kier alpha value is -5.08. The van der Waals surface area contributed by atoms with E-state index in [1.807, 2.05) is 0 Å². The molecule has 1 heterocycles. The van der Waals surface area contributed by atoms with Crippen LogP contribution < -0.4 is 4.90 Å². The van der Waals surface area contributed by atoms with Crippen LogP contribution in [-0.4, -0.2) is 0 Å². The second-order valence-electron chi connectivity index (χ2n) is 15.8. The van der Waals surface area contributed by atoms with Crippen LogP contribution >= 0.6 is 0 Å². The first-order valence-electron chi connectivity index (χ1n) is 17.2. The smallest absolute Gasteiger partial charge is 0.135 e. The Morgan fingerprint density at radius 2 is 0.979 bits per heavy atom. The minimum atomic E-state index is -0.0957. The zero-order valence-corrected chi connectivity index (χ0v) is 28.9. The highest BCUT2D eigenvalue weighted by molar-refractivity contribution is 6.08. The van der Waals surface area contributed by atoms with Crippen LogP contribution in [0.25, 0.3) is 44.2 Å². The average molecular weight is 624 g/mol. The molecule has 9 rings (SSSR count). The van der Waals surface area contributed by atoms with Crippen LogP contribution in [0.5, 0.6) is 0 Å². The van der Waals surface area contributed by atoms with Gasteiger partial charge in [0.25, 0.3) is 0 Å². The lowest BCUT2D eigenvalue weighted by Crippen LogP contribution is -2.18. The van der Waals surface area contributed by atoms with E-state index in [1.54, 1.807) is 0 Å². The number of benzene rings is 6. The molecule has 2 aliphatic carbocycles. The molecular weight excluding hydrogens is 583 g/mol. The summed E-state index contributed by atoms with van der Waals surface area (Å²) in [5, 5.41) is 2.36. The lowest BCUT2D eigenvalue weighted by molar-refractivity contribution is 0.594. The summed E-state index contributed by atoms with van der Waals surface area (Å²) in [5.74, 6) is 0. The van der Waals surface area contributed by atoms with Crippen LogP contribution in [0.4, 0.5) is 17.1 Å². The molecule has 6 aromatic carbocycles. The van der Waals surface area contributed by atoms with Crippen molar-refractivity contribution in [2.75, 3.05) is 4.90 Å². The van der Waals surface area contributed by atoms with Crippen LogP contribution in [-0.2, 0) is 16.2 Å². The molecule has 0 fully saturated rings. The molecule has 0 saturated carbocycles. The Balaban J connectivity index is 1.29. The van der Waals surface area contributed by atoms with Crippen molar-refractivity contribution < 1.29 is 4.42 Å². The van der Waals surface area contributed by atoms with Gasteiger partial charge < -0.3 is 9.32 Å². The third-order valence-corrected chi connectivity index (χ3v) is 11.2. The van der Waals surface area contributed by atoms with Gasteiger partial charge in [0.15, 0.2) is 0 Å². The molecule has 0 N–H and O–H groups in total. The fourth-order valence-electron chi connectivity index (χ4n) is 8.69. The summed E-state index contributed by atoms with van der Waals surface area (Å²) in [5.41, 5.74) is 17.2. The number of hydrogen-bond acceptors (Lipinski definition) is 2. The molecule has 2 aliphatic rings. The van der Waals surface area contributed by atoms with E-state index in [0.717, 1.165) is 33.6 Å². The SMILES string of the molecule is CC(C)(C)c1cccc2oc3ccc(N(c4ccc5c(c4)C(C)(C)c4ccccc4-5)c4ccc5c(c4)C(C)(C)c4ccccc4-5)cc3c12. The molecule has 0 amide bonds. The van der Waals surface area contributed by atoms with Gasteiger partial charge in [-0.15, -0.1) is 0 Å². The van der Waals surface area contributed by atoms with Crippen LogP contribution in [0.2, 0.25) is 0 Å². The van der Waals surface area contributed by atoms with Gasteiger partial charge in [-0.05, 0) is 104 Å². The Labute approximate surface area is 283 Å². The maximum atomic E-state index is 6.46. The molecule has 0 bridgehead atoms. The van der Waals surface area contributed by atoms with Crippen molar-refractivity contribution in [2.24, 2.45) is 0 Å². The molecule has 2 nitrogen and oxygen atoms in total. The van der Waals surface area contributed by atoms with E-state index in [2.05, 4.69) is 175 Å². The average Bonchev–Trinajstić information content (AvgIpc) is 3.64. The van der Waals surface area contributed by atoms with Crippen molar-refractivity contribution in [2.45, 2.75) is 64.7 Å². The summed E-state index contributed by atoms with van der Waals surface area (Å²) in [6, 6.07) is 45.1. The maximum absolute atomic E-state index is 6.46. The molecule has 236 valence electrons. The number of rotatable bonds is 3. The van der Waals surface area contributed by atoms with E-state index in [9.17, 15) is 0 Å². The Morgan fingerprint density at radius 3 is 1.54 bits per heavy atom. The number of nitrogens with zero attached hydrogens (tertiary/aromatic N) is 1. The van der Waals surface area contributed by atoms with Gasteiger partial charge in [-0.3, -0.25) is 0 Å². The van der Waals surface area contributed by atoms with Gasteiger partial charge in [0.1, 0.15) is 11.2 Å². The summed E-state index contributed by atoms with van der Waals surface area (Å²) >= 11 is 0. The van der Waals surface area contributed by atoms with E-state index in [-0.39, 0.29) is 16.2 Å². The van der Waals surface area contributed by atoms with Crippen molar-refractivity contribution in [1.82, 2.24) is 0 Å². The van der Waals surface area contributed by atoms with Gasteiger partial charge in [-0.1, -0.05) is 121 Å². The van der Waals surface area contributed by atoms with E-state index < -0.39 is 0 Å². The molecule has 0 aliphatic heterocycles. The molecule has 48 heavy (non-hydrogen) atoms. The van der Waals surface area contributed by atoms with E-state index in [1.165, 1.54) is 55.5 Å². The van der Waals surface area contributed by atoms with Crippen LogP contribution in [0.15, 0.2) is 126 Å². The zero-order valence-electron chi connectivity index (χ0n) is 28.9. The lowest BCUT2D eigenvalue weighted by atomic mass is 9.82. The van der Waals surface area contributed by atoms with Gasteiger partial charge in [0.05, 0.1) is 0 Å². The summed E-state index contributed by atoms with van der Waals surface area (Å²) in [4.78, 5) is 2.46. The number of hydrogen-bond donors (Lipinski definition) is 0. The number of fused-ring (bicyclic) bond motifs is 9. The molecule has 0 saturated heterocycles. The topological polar surface area (TPSA) is 16.4 Å². The second-order valence-corrected chi connectivity index (χ2v) is 15.8. The highest BCUT2D eigenvalue weighted by Crippen LogP contribution is 2.53. The predicted octanol–water partition coefficient (Wildman–Crippen LogP) is 13.0. The summed E-state index contributed by atoms with van der Waals surface area (Å²) in [7, 11) is 0. The second kappa shape index (κ2) is 9.73. The number of furan rings is 1. The standard InChI is InChI=1S/C46H41NO/c1-44(2,3)38-17-12-18-42-43(38)35-25-28(21-24-41(35)48-42)47(29-19-22-33-31-13-8-10-15-36(31)45(4,5)39(33)26-29)30-20-23-34-32-14-9-11-16-37(32)46(6,7)40(34)27-30/h8-27H,1-7H3. The molecule has 0 radical (unpaired) electrons. The number of anilines is 3. The molecule has 0 unspecified atom stereocenters. The Morgan fingerprint density at radius 1 is 0.479 bits per heavy atom. The fraction of sp³-hybridized carbons (Fsp3) is 0.217. The molecule has 1 aromatic heterocycles. The summed E-state index contributed by atoms with van der Waals surface area (Å²) < 4.78 is 6.46. The van der Waals surface area contributed by atoms with Gasteiger partial charge in [-0.25, -0.2) is 0 Å². The molecule has 2 heteroatoms. The highest BCUT2D eigenvalue weighted by Gasteiger charge is 2.37. The van der Waals surface area contributed by atoms with Crippen LogP contribution in [0.1, 0.15) is 76.3 Å². The molecule has 0 spiro atoms. The maximum Gasteiger partial charge on any atom is 0.135 e. The quantitative estimate of drug-likeness (QED) is 0.195. The molecular formula is C46H41NO. The normalized spacial score (nSPS) is 15.3. The predicted molar refractivity (Wildman–Crippen MR) is 202 cm³/mol. The Bertz CT molecular complexity index is 2340. The van der Waals surface area contributed by atoms with Gasteiger partial charge in [0, 0.05) is 38.7 Å². The van der Waals surface area contributed by atoms with Crippen molar-refractivity contribution >= 4 is 39.0 Å². The van der Waals surface area contributed by atoms with Crippen molar-refractivity contribution in [1.29, 1.82) is 0 Å². The van der Waals surface area contributed by atoms with Crippen LogP contribution in [0.3, 0.4) is 0 Å². The van der Waals surface area contributed by atoms with Crippen molar-refractivity contribution in [3.8, 4) is 22.3 Å². The first-order chi connectivity index (χ1) is 22.9. The lowest BCUT2D eigenvalue weighted by Gasteiger charge is -2.30. The zero-order chi connectivity index (χ0) is 33.2. The van der Waals surface area contributed by atoms with E-state index >= 15 is 0 Å². The van der Waals surface area contributed by atoms with E-state index in [4.69, 9.17) is 4.42 Å². The first kappa shape index (κ1) is 29.1. The monoisotopic (exact) mass is 623 g/mol. The minimum absolute atomic E-state index is 0.0207. The van der Waals surface area contributed by atoms with Gasteiger partial charge in [0.2, 0.25) is 0 Å². The van der Waals surface area contributed by atoms with Crippen molar-refractivity contribution in [3.63, 3.8) is 0 Å². The largest absolute Gasteiger partial charge is 0.456 e. The third kappa shape index (κ3) is 3.99. The van der Waals surface area contributed by atoms with Gasteiger partial charge in [-0.2, -0.15) is 0 Å². The first-order valence-corrected chi connectivity index (χ1v) is 17.2. The van der Waals surface area contributed by atoms with E-state index in [0.29, 0.717) is 0 Å². The molecule has 7 aromatic rings. The highest BCUT2D eigenvalue weighted by atomic mass is 16.3. The Kier molecular flexibility index (Phi) is 5.90. The van der Waals surface area contributed by atoms with Crippen LogP contribution in [0, 0.1) is 0 Å². The summed E-state index contributed by atoms with van der Waals surface area (Å²) in [6.07, 6.45) is 0. The third-order valence-electron chi connectivity index (χ3n) is 11.2. The van der Waals surface area contributed by atoms with Crippen molar-refractivity contribution in [3.05, 3.63) is 149 Å². The fourth-order valence-corrected chi connectivity index (χ4v) is 8.69. The summed E-state index contributed by atoms with van der Waals surface area (Å²) in [6.45, 7) is 16.3. The van der Waals surface area contributed by atoms with Gasteiger partial charge >= 0.3 is 0 Å². The minimum Gasteiger partial charge on any atom is -0.456 e.